The first kappa shape index (κ1) is 21.8. The number of aryl methyl sites for hydroxylation is 2. The van der Waals surface area contributed by atoms with Gasteiger partial charge in [-0.15, -0.1) is 0 Å². The number of nitrogens with zero attached hydrogens (tertiary/aromatic N) is 3. The predicted molar refractivity (Wildman–Crippen MR) is 117 cm³/mol. The Morgan fingerprint density at radius 2 is 1.93 bits per heavy atom. The van der Waals surface area contributed by atoms with Gasteiger partial charge in [0, 0.05) is 29.3 Å². The molecule has 3 rings (SSSR count). The summed E-state index contributed by atoms with van der Waals surface area (Å²) in [6, 6.07) is 10.7. The van der Waals surface area contributed by atoms with Crippen molar-refractivity contribution >= 4 is 44.8 Å². The molecule has 1 amide bonds. The highest BCUT2D eigenvalue weighted by atomic mass is 79.9. The fraction of sp³-hybridized carbons (Fsp3) is 0.200. The van der Waals surface area contributed by atoms with Crippen LogP contribution in [0.2, 0.25) is 5.02 Å². The van der Waals surface area contributed by atoms with Gasteiger partial charge in [0.15, 0.2) is 0 Å². The van der Waals surface area contributed by atoms with Gasteiger partial charge in [-0.05, 0) is 54.0 Å². The molecule has 0 fully saturated rings. The highest BCUT2D eigenvalue weighted by Crippen LogP contribution is 2.30. The summed E-state index contributed by atoms with van der Waals surface area (Å²) < 4.78 is 8.32. The number of nitro groups is 1. The summed E-state index contributed by atoms with van der Waals surface area (Å²) in [5.41, 5.74) is 1.84. The van der Waals surface area contributed by atoms with E-state index in [0.717, 1.165) is 15.9 Å². The van der Waals surface area contributed by atoms with Crippen LogP contribution in [-0.4, -0.2) is 20.6 Å². The number of hydrogen-bond donors (Lipinski definition) is 1. The number of carbonyl (C=O) groups is 1. The number of non-ortho nitro benzene ring substituents is 1. The maximum atomic E-state index is 12.4. The van der Waals surface area contributed by atoms with Gasteiger partial charge in [0.25, 0.3) is 5.69 Å². The van der Waals surface area contributed by atoms with Crippen molar-refractivity contribution in [3.8, 4) is 11.5 Å². The number of ether oxygens (including phenoxy) is 1. The lowest BCUT2D eigenvalue weighted by molar-refractivity contribution is -0.384. The topological polar surface area (TPSA) is 99.3 Å². The van der Waals surface area contributed by atoms with Gasteiger partial charge < -0.3 is 10.1 Å². The third kappa shape index (κ3) is 5.37. The van der Waals surface area contributed by atoms with Crippen LogP contribution in [0.25, 0.3) is 0 Å². The Hall–Kier alpha value is -2.91. The fourth-order valence-corrected chi connectivity index (χ4v) is 3.19. The first-order valence-corrected chi connectivity index (χ1v) is 10.1. The second-order valence-corrected chi connectivity index (χ2v) is 7.76. The van der Waals surface area contributed by atoms with Crippen molar-refractivity contribution < 1.29 is 14.5 Å². The van der Waals surface area contributed by atoms with Crippen LogP contribution in [0.4, 0.5) is 11.4 Å². The Kier molecular flexibility index (Phi) is 6.73. The van der Waals surface area contributed by atoms with Crippen molar-refractivity contribution in [3.63, 3.8) is 0 Å². The van der Waals surface area contributed by atoms with Gasteiger partial charge in [-0.25, -0.2) is 0 Å². The second-order valence-electron chi connectivity index (χ2n) is 6.53. The molecule has 1 N–H and O–H groups in total. The SMILES string of the molecule is Cc1nn(CCC(=O)Nc2cc(Oc3ccc(Cl)cc3)cc([N+](=O)[O-])c2)c(C)c1Br. The molecule has 156 valence electrons. The van der Waals surface area contributed by atoms with E-state index in [2.05, 4.69) is 26.3 Å². The van der Waals surface area contributed by atoms with Crippen molar-refractivity contribution in [3.05, 3.63) is 73.5 Å². The zero-order valence-electron chi connectivity index (χ0n) is 16.2. The molecule has 0 radical (unpaired) electrons. The summed E-state index contributed by atoms with van der Waals surface area (Å²) in [7, 11) is 0. The summed E-state index contributed by atoms with van der Waals surface area (Å²) in [5, 5.41) is 18.9. The molecule has 8 nitrogen and oxygen atoms in total. The van der Waals surface area contributed by atoms with Gasteiger partial charge >= 0.3 is 0 Å². The lowest BCUT2D eigenvalue weighted by atomic mass is 10.2. The van der Waals surface area contributed by atoms with E-state index in [0.29, 0.717) is 17.3 Å². The smallest absolute Gasteiger partial charge is 0.275 e. The molecule has 0 unspecified atom stereocenters. The van der Waals surface area contributed by atoms with E-state index in [1.807, 2.05) is 13.8 Å². The molecule has 1 heterocycles. The maximum Gasteiger partial charge on any atom is 0.275 e. The van der Waals surface area contributed by atoms with Crippen molar-refractivity contribution in [1.29, 1.82) is 0 Å². The number of hydrogen-bond acceptors (Lipinski definition) is 5. The molecule has 3 aromatic rings. The summed E-state index contributed by atoms with van der Waals surface area (Å²) in [5.74, 6) is 0.396. The highest BCUT2D eigenvalue weighted by molar-refractivity contribution is 9.10. The number of carbonyl (C=O) groups excluding carboxylic acids is 1. The van der Waals surface area contributed by atoms with Crippen LogP contribution >= 0.6 is 27.5 Å². The molecule has 0 aliphatic rings. The van der Waals surface area contributed by atoms with Crippen molar-refractivity contribution in [2.45, 2.75) is 26.8 Å². The van der Waals surface area contributed by atoms with Crippen LogP contribution < -0.4 is 10.1 Å². The average molecular weight is 494 g/mol. The van der Waals surface area contributed by atoms with E-state index >= 15 is 0 Å². The monoisotopic (exact) mass is 492 g/mol. The van der Waals surface area contributed by atoms with Crippen LogP contribution in [0.1, 0.15) is 17.8 Å². The molecule has 0 spiro atoms. The summed E-state index contributed by atoms with van der Waals surface area (Å²) >= 11 is 9.31. The summed E-state index contributed by atoms with van der Waals surface area (Å²) in [6.45, 7) is 4.16. The molecule has 10 heteroatoms. The molecule has 2 aromatic carbocycles. The minimum absolute atomic E-state index is 0.157. The molecule has 0 bridgehead atoms. The molecule has 0 aliphatic carbocycles. The lowest BCUT2D eigenvalue weighted by Gasteiger charge is -2.10. The zero-order valence-corrected chi connectivity index (χ0v) is 18.5. The Morgan fingerprint density at radius 1 is 1.23 bits per heavy atom. The van der Waals surface area contributed by atoms with Gasteiger partial charge in [0.05, 0.1) is 33.4 Å². The standard InChI is InChI=1S/C20H18BrClN4O4/c1-12-20(21)13(2)25(24-12)8-7-19(27)23-15-9-16(26(28)29)11-18(10-15)30-17-5-3-14(22)4-6-17/h3-6,9-11H,7-8H2,1-2H3,(H,23,27). The predicted octanol–water partition coefficient (Wildman–Crippen LogP) is 5.65. The first-order chi connectivity index (χ1) is 14.2. The Balaban J connectivity index is 1.72. The molecule has 0 saturated carbocycles. The number of nitro benzene ring substituents is 1. The van der Waals surface area contributed by atoms with Gasteiger partial charge in [-0.1, -0.05) is 11.6 Å². The minimum atomic E-state index is -0.544. The van der Waals surface area contributed by atoms with Gasteiger partial charge in [-0.3, -0.25) is 19.6 Å². The van der Waals surface area contributed by atoms with Crippen LogP contribution in [0.3, 0.4) is 0 Å². The van der Waals surface area contributed by atoms with E-state index in [1.165, 1.54) is 18.2 Å². The number of benzene rings is 2. The third-order valence-electron chi connectivity index (χ3n) is 4.28. The lowest BCUT2D eigenvalue weighted by Crippen LogP contribution is -2.15. The Morgan fingerprint density at radius 3 is 2.53 bits per heavy atom. The molecule has 30 heavy (non-hydrogen) atoms. The Labute approximate surface area is 186 Å². The average Bonchev–Trinajstić information content (AvgIpc) is 2.94. The normalized spacial score (nSPS) is 10.7. The minimum Gasteiger partial charge on any atom is -0.457 e. The number of anilines is 1. The van der Waals surface area contributed by atoms with Crippen molar-refractivity contribution in [2.24, 2.45) is 0 Å². The largest absolute Gasteiger partial charge is 0.457 e. The van der Waals surface area contributed by atoms with Crippen LogP contribution in [0.5, 0.6) is 11.5 Å². The second kappa shape index (κ2) is 9.27. The molecule has 1 aromatic heterocycles. The molecular formula is C20H18BrClN4O4. The van der Waals surface area contributed by atoms with E-state index in [-0.39, 0.29) is 29.5 Å². The molecule has 0 aliphatic heterocycles. The van der Waals surface area contributed by atoms with Gasteiger partial charge in [0.2, 0.25) is 5.91 Å². The van der Waals surface area contributed by atoms with E-state index in [4.69, 9.17) is 16.3 Å². The quantitative estimate of drug-likeness (QED) is 0.339. The fourth-order valence-electron chi connectivity index (χ4n) is 2.78. The zero-order chi connectivity index (χ0) is 21.8. The number of halogens is 2. The first-order valence-electron chi connectivity index (χ1n) is 8.95. The van der Waals surface area contributed by atoms with E-state index < -0.39 is 4.92 Å². The Bertz CT molecular complexity index is 1100. The maximum absolute atomic E-state index is 12.4. The van der Waals surface area contributed by atoms with Crippen molar-refractivity contribution in [2.75, 3.05) is 5.32 Å². The number of amides is 1. The van der Waals surface area contributed by atoms with Crippen LogP contribution in [0, 0.1) is 24.0 Å². The summed E-state index contributed by atoms with van der Waals surface area (Å²) in [4.78, 5) is 23.1. The third-order valence-corrected chi connectivity index (χ3v) is 5.68. The van der Waals surface area contributed by atoms with Crippen LogP contribution in [-0.2, 0) is 11.3 Å². The number of nitrogens with one attached hydrogen (secondary N) is 1. The van der Waals surface area contributed by atoms with Crippen molar-refractivity contribution in [1.82, 2.24) is 9.78 Å². The van der Waals surface area contributed by atoms with E-state index in [9.17, 15) is 14.9 Å². The molecular weight excluding hydrogens is 476 g/mol. The van der Waals surface area contributed by atoms with Crippen LogP contribution in [0.15, 0.2) is 46.9 Å². The summed E-state index contributed by atoms with van der Waals surface area (Å²) in [6.07, 6.45) is 0.157. The molecule has 0 atom stereocenters. The van der Waals surface area contributed by atoms with E-state index in [1.54, 1.807) is 28.9 Å². The van der Waals surface area contributed by atoms with Gasteiger partial charge in [0.1, 0.15) is 11.5 Å². The molecule has 0 saturated heterocycles. The number of aromatic nitrogens is 2. The van der Waals surface area contributed by atoms with Gasteiger partial charge in [-0.2, -0.15) is 5.10 Å². The highest BCUT2D eigenvalue weighted by Gasteiger charge is 2.14. The number of rotatable bonds is 7.